The number of aliphatic carboxylic acids is 1. The van der Waals surface area contributed by atoms with Crippen molar-refractivity contribution in [2.24, 2.45) is 0 Å². The highest BCUT2D eigenvalue weighted by Crippen LogP contribution is 2.26. The van der Waals surface area contributed by atoms with Gasteiger partial charge in [-0.15, -0.1) is 0 Å². The molecule has 0 saturated carbocycles. The Hall–Kier alpha value is -1.89. The number of anilines is 1. The first-order valence-corrected chi connectivity index (χ1v) is 5.69. The fourth-order valence-electron chi connectivity index (χ4n) is 1.26. The van der Waals surface area contributed by atoms with Gasteiger partial charge in [0.2, 0.25) is 0 Å². The van der Waals surface area contributed by atoms with Crippen molar-refractivity contribution >= 4 is 29.3 Å². The summed E-state index contributed by atoms with van der Waals surface area (Å²) in [4.78, 5) is 21.6. The number of amides is 2. The molecule has 0 aliphatic rings. The molecule has 3 N–H and O–H groups in total. The zero-order chi connectivity index (χ0) is 14.4. The van der Waals surface area contributed by atoms with Crippen molar-refractivity contribution in [2.45, 2.75) is 12.8 Å². The molecular formula is C11H11ClF2N2O3. The van der Waals surface area contributed by atoms with Crippen LogP contribution in [0.1, 0.15) is 12.8 Å². The minimum absolute atomic E-state index is 0.0913. The molecule has 0 spiro atoms. The van der Waals surface area contributed by atoms with E-state index in [1.807, 2.05) is 0 Å². The van der Waals surface area contributed by atoms with Gasteiger partial charge >= 0.3 is 12.0 Å². The molecule has 0 heterocycles. The molecule has 1 rings (SSSR count). The summed E-state index contributed by atoms with van der Waals surface area (Å²) in [5, 5.41) is 12.6. The predicted molar refractivity (Wildman–Crippen MR) is 65.3 cm³/mol. The average molecular weight is 293 g/mol. The molecule has 19 heavy (non-hydrogen) atoms. The second kappa shape index (κ2) is 6.89. The number of urea groups is 1. The van der Waals surface area contributed by atoms with Crippen LogP contribution in [0.5, 0.6) is 0 Å². The highest BCUT2D eigenvalue weighted by atomic mass is 35.5. The number of carboxylic acids is 1. The van der Waals surface area contributed by atoms with Gasteiger partial charge in [-0.2, -0.15) is 0 Å². The first-order valence-electron chi connectivity index (χ1n) is 5.31. The molecule has 2 amide bonds. The normalized spacial score (nSPS) is 10.1. The summed E-state index contributed by atoms with van der Waals surface area (Å²) in [7, 11) is 0. The first-order chi connectivity index (χ1) is 8.90. The van der Waals surface area contributed by atoms with Crippen molar-refractivity contribution in [2.75, 3.05) is 11.9 Å². The largest absolute Gasteiger partial charge is 0.481 e. The third-order valence-electron chi connectivity index (χ3n) is 2.10. The quantitative estimate of drug-likeness (QED) is 0.730. The molecule has 0 aromatic heterocycles. The number of halogens is 3. The highest BCUT2D eigenvalue weighted by molar-refractivity contribution is 6.33. The molecule has 0 radical (unpaired) electrons. The molecule has 1 aromatic carbocycles. The monoisotopic (exact) mass is 292 g/mol. The van der Waals surface area contributed by atoms with Crippen LogP contribution >= 0.6 is 11.6 Å². The molecule has 0 unspecified atom stereocenters. The van der Waals surface area contributed by atoms with Gasteiger partial charge in [-0.1, -0.05) is 11.6 Å². The Morgan fingerprint density at radius 3 is 2.58 bits per heavy atom. The lowest BCUT2D eigenvalue weighted by Crippen LogP contribution is -2.30. The second-order valence-electron chi connectivity index (χ2n) is 3.62. The van der Waals surface area contributed by atoms with Crippen LogP contribution in [0.25, 0.3) is 0 Å². The van der Waals surface area contributed by atoms with Gasteiger partial charge in [-0.3, -0.25) is 4.79 Å². The molecule has 0 aliphatic heterocycles. The number of benzene rings is 1. The van der Waals surface area contributed by atoms with E-state index in [0.29, 0.717) is 6.07 Å². The average Bonchev–Trinajstić information content (AvgIpc) is 2.29. The van der Waals surface area contributed by atoms with E-state index in [1.165, 1.54) is 0 Å². The number of hydrogen-bond acceptors (Lipinski definition) is 2. The molecular weight excluding hydrogens is 282 g/mol. The number of nitrogens with one attached hydrogen (secondary N) is 2. The Morgan fingerprint density at radius 1 is 1.32 bits per heavy atom. The van der Waals surface area contributed by atoms with Crippen molar-refractivity contribution in [3.05, 3.63) is 28.8 Å². The van der Waals surface area contributed by atoms with Gasteiger partial charge in [-0.05, 0) is 12.5 Å². The molecule has 104 valence electrons. The van der Waals surface area contributed by atoms with E-state index in [1.54, 1.807) is 0 Å². The Bertz CT molecular complexity index is 474. The third kappa shape index (κ3) is 5.09. The van der Waals surface area contributed by atoms with Crippen LogP contribution < -0.4 is 10.6 Å². The summed E-state index contributed by atoms with van der Waals surface area (Å²) in [6.45, 7) is 0.110. The molecule has 0 fully saturated rings. The van der Waals surface area contributed by atoms with Crippen LogP contribution in [-0.2, 0) is 4.79 Å². The van der Waals surface area contributed by atoms with Crippen LogP contribution in [0.3, 0.4) is 0 Å². The number of carboxylic acid groups (broad SMARTS) is 1. The van der Waals surface area contributed by atoms with Gasteiger partial charge in [0.15, 0.2) is 5.82 Å². The van der Waals surface area contributed by atoms with Crippen LogP contribution in [-0.4, -0.2) is 23.7 Å². The molecule has 0 bridgehead atoms. The first kappa shape index (κ1) is 15.2. The summed E-state index contributed by atoms with van der Waals surface area (Å²) in [5.74, 6) is -2.82. The van der Waals surface area contributed by atoms with Crippen molar-refractivity contribution in [3.8, 4) is 0 Å². The van der Waals surface area contributed by atoms with Gasteiger partial charge in [0.25, 0.3) is 0 Å². The van der Waals surface area contributed by atoms with Crippen molar-refractivity contribution < 1.29 is 23.5 Å². The van der Waals surface area contributed by atoms with Gasteiger partial charge in [0.05, 0.1) is 10.7 Å². The lowest BCUT2D eigenvalue weighted by molar-refractivity contribution is -0.137. The van der Waals surface area contributed by atoms with Crippen LogP contribution in [0.2, 0.25) is 5.02 Å². The smallest absolute Gasteiger partial charge is 0.319 e. The van der Waals surface area contributed by atoms with E-state index in [4.69, 9.17) is 16.7 Å². The molecule has 0 saturated heterocycles. The molecule has 8 heteroatoms. The molecule has 1 aromatic rings. The minimum Gasteiger partial charge on any atom is -0.481 e. The number of rotatable bonds is 5. The van der Waals surface area contributed by atoms with E-state index in [0.717, 1.165) is 6.07 Å². The van der Waals surface area contributed by atoms with Crippen molar-refractivity contribution in [1.82, 2.24) is 5.32 Å². The van der Waals surface area contributed by atoms with Gasteiger partial charge < -0.3 is 15.7 Å². The summed E-state index contributed by atoms with van der Waals surface area (Å²) >= 11 is 5.58. The second-order valence-corrected chi connectivity index (χ2v) is 4.03. The van der Waals surface area contributed by atoms with Gasteiger partial charge in [-0.25, -0.2) is 13.6 Å². The van der Waals surface area contributed by atoms with Crippen LogP contribution in [0, 0.1) is 11.6 Å². The number of carbonyl (C=O) groups excluding carboxylic acids is 1. The zero-order valence-electron chi connectivity index (χ0n) is 9.67. The topological polar surface area (TPSA) is 78.4 Å². The van der Waals surface area contributed by atoms with E-state index in [2.05, 4.69) is 10.6 Å². The zero-order valence-corrected chi connectivity index (χ0v) is 10.4. The van der Waals surface area contributed by atoms with Crippen LogP contribution in [0.15, 0.2) is 12.1 Å². The Labute approximate surface area is 112 Å². The SMILES string of the molecule is O=C(O)CCCNC(=O)Nc1c(F)cc(F)cc1Cl. The fourth-order valence-corrected chi connectivity index (χ4v) is 1.50. The van der Waals surface area contributed by atoms with Crippen LogP contribution in [0.4, 0.5) is 19.3 Å². The Balaban J connectivity index is 2.51. The predicted octanol–water partition coefficient (Wildman–Crippen LogP) is 2.60. The molecule has 0 aliphatic carbocycles. The molecule has 0 atom stereocenters. The standard InChI is InChI=1S/C11H11ClF2N2O3/c12-7-4-6(13)5-8(14)10(7)16-11(19)15-3-1-2-9(17)18/h4-5H,1-3H2,(H,17,18)(H2,15,16,19). The van der Waals surface area contributed by atoms with Gasteiger partial charge in [0.1, 0.15) is 5.82 Å². The van der Waals surface area contributed by atoms with Crippen molar-refractivity contribution in [1.29, 1.82) is 0 Å². The summed E-state index contributed by atoms with van der Waals surface area (Å²) in [6.07, 6.45) is 0.147. The maximum absolute atomic E-state index is 13.3. The maximum Gasteiger partial charge on any atom is 0.319 e. The lowest BCUT2D eigenvalue weighted by atomic mass is 10.3. The Morgan fingerprint density at radius 2 is 2.00 bits per heavy atom. The van der Waals surface area contributed by atoms with Crippen molar-refractivity contribution in [3.63, 3.8) is 0 Å². The fraction of sp³-hybridized carbons (Fsp3) is 0.273. The summed E-state index contributed by atoms with van der Waals surface area (Å²) in [6, 6.07) is 0.703. The molecule has 5 nitrogen and oxygen atoms in total. The van der Waals surface area contributed by atoms with E-state index >= 15 is 0 Å². The van der Waals surface area contributed by atoms with E-state index in [9.17, 15) is 18.4 Å². The number of hydrogen-bond donors (Lipinski definition) is 3. The minimum atomic E-state index is -0.995. The number of carbonyl (C=O) groups is 2. The maximum atomic E-state index is 13.3. The van der Waals surface area contributed by atoms with E-state index < -0.39 is 23.6 Å². The van der Waals surface area contributed by atoms with E-state index in [-0.39, 0.29) is 30.1 Å². The summed E-state index contributed by atoms with van der Waals surface area (Å²) in [5.41, 5.74) is -0.334. The van der Waals surface area contributed by atoms with Gasteiger partial charge in [0, 0.05) is 19.0 Å². The summed E-state index contributed by atoms with van der Waals surface area (Å²) < 4.78 is 26.1. The highest BCUT2D eigenvalue weighted by Gasteiger charge is 2.12. The Kier molecular flexibility index (Phi) is 5.50. The lowest BCUT2D eigenvalue weighted by Gasteiger charge is -2.09. The third-order valence-corrected chi connectivity index (χ3v) is 2.40.